The van der Waals surface area contributed by atoms with Gasteiger partial charge >= 0.3 is 0 Å². The highest BCUT2D eigenvalue weighted by molar-refractivity contribution is 9.10. The van der Waals surface area contributed by atoms with Crippen molar-refractivity contribution in [3.05, 3.63) is 58.6 Å². The Morgan fingerprint density at radius 3 is 2.50 bits per heavy atom. The second-order valence-electron chi connectivity index (χ2n) is 3.47. The van der Waals surface area contributed by atoms with Crippen molar-refractivity contribution in [3.63, 3.8) is 0 Å². The fraction of sp³-hybridized carbons (Fsp3) is 0. The summed E-state index contributed by atoms with van der Waals surface area (Å²) in [5, 5.41) is 7.55. The topological polar surface area (TPSA) is 49.9 Å². The molecule has 0 bridgehead atoms. The Bertz CT molecular complexity index is 535. The van der Waals surface area contributed by atoms with E-state index < -0.39 is 0 Å². The summed E-state index contributed by atoms with van der Waals surface area (Å²) in [6, 6.07) is 15.6. The van der Waals surface area contributed by atoms with E-state index in [0.29, 0.717) is 0 Å². The summed E-state index contributed by atoms with van der Waals surface area (Å²) in [4.78, 5) is 0. The summed E-state index contributed by atoms with van der Waals surface area (Å²) in [5.74, 6) is 0.0931. The van der Waals surface area contributed by atoms with Crippen molar-refractivity contribution in [2.24, 2.45) is 5.73 Å². The monoisotopic (exact) mass is 274 g/mol. The van der Waals surface area contributed by atoms with Crippen LogP contribution in [-0.2, 0) is 0 Å². The average Bonchev–Trinajstić information content (AvgIpc) is 2.29. The summed E-state index contributed by atoms with van der Waals surface area (Å²) in [6.45, 7) is 0. The lowest BCUT2D eigenvalue weighted by atomic mass is 9.99. The van der Waals surface area contributed by atoms with Crippen molar-refractivity contribution in [1.29, 1.82) is 5.41 Å². The number of hydrogen-bond acceptors (Lipinski definition) is 1. The van der Waals surface area contributed by atoms with Crippen LogP contribution < -0.4 is 5.73 Å². The highest BCUT2D eigenvalue weighted by Gasteiger charge is 2.06. The van der Waals surface area contributed by atoms with E-state index in [1.54, 1.807) is 0 Å². The summed E-state index contributed by atoms with van der Waals surface area (Å²) in [7, 11) is 0. The number of halogens is 1. The van der Waals surface area contributed by atoms with Gasteiger partial charge in [0.2, 0.25) is 0 Å². The molecule has 3 heteroatoms. The third-order valence-electron chi connectivity index (χ3n) is 2.35. The van der Waals surface area contributed by atoms with E-state index in [4.69, 9.17) is 11.1 Å². The van der Waals surface area contributed by atoms with E-state index in [9.17, 15) is 0 Å². The van der Waals surface area contributed by atoms with Gasteiger partial charge in [-0.15, -0.1) is 0 Å². The first-order valence-corrected chi connectivity index (χ1v) is 5.67. The molecule has 0 amide bonds. The SMILES string of the molecule is N=C(N)c1ccccc1-c1cccc(Br)c1. The second kappa shape index (κ2) is 4.49. The molecule has 2 aromatic rings. The molecule has 0 atom stereocenters. The number of hydrogen-bond donors (Lipinski definition) is 2. The van der Waals surface area contributed by atoms with Crippen molar-refractivity contribution in [1.82, 2.24) is 0 Å². The Labute approximate surface area is 103 Å². The van der Waals surface area contributed by atoms with Gasteiger partial charge in [0.15, 0.2) is 0 Å². The van der Waals surface area contributed by atoms with Gasteiger partial charge in [0.05, 0.1) is 0 Å². The Hall–Kier alpha value is -1.61. The molecule has 3 N–H and O–H groups in total. The molecule has 0 radical (unpaired) electrons. The van der Waals surface area contributed by atoms with Crippen LogP contribution in [0.4, 0.5) is 0 Å². The number of rotatable bonds is 2. The second-order valence-corrected chi connectivity index (χ2v) is 4.39. The summed E-state index contributed by atoms with van der Waals surface area (Å²) >= 11 is 3.44. The zero-order valence-electron chi connectivity index (χ0n) is 8.57. The zero-order valence-corrected chi connectivity index (χ0v) is 10.2. The lowest BCUT2D eigenvalue weighted by Crippen LogP contribution is -2.12. The van der Waals surface area contributed by atoms with E-state index in [-0.39, 0.29) is 5.84 Å². The maximum atomic E-state index is 7.55. The van der Waals surface area contributed by atoms with Crippen LogP contribution in [0.15, 0.2) is 53.0 Å². The molecule has 2 aromatic carbocycles. The van der Waals surface area contributed by atoms with Gasteiger partial charge in [0.25, 0.3) is 0 Å². The highest BCUT2D eigenvalue weighted by Crippen LogP contribution is 2.25. The Morgan fingerprint density at radius 1 is 1.06 bits per heavy atom. The van der Waals surface area contributed by atoms with E-state index in [0.717, 1.165) is 21.2 Å². The maximum absolute atomic E-state index is 7.55. The minimum Gasteiger partial charge on any atom is -0.384 e. The number of amidine groups is 1. The predicted molar refractivity (Wildman–Crippen MR) is 70.6 cm³/mol. The molecule has 0 aliphatic heterocycles. The van der Waals surface area contributed by atoms with Crippen molar-refractivity contribution in [2.45, 2.75) is 0 Å². The van der Waals surface area contributed by atoms with Gasteiger partial charge in [-0.05, 0) is 23.3 Å². The fourth-order valence-corrected chi connectivity index (χ4v) is 2.02. The summed E-state index contributed by atoms with van der Waals surface area (Å²) in [5.41, 5.74) is 8.36. The molecule has 0 aliphatic rings. The van der Waals surface area contributed by atoms with Gasteiger partial charge in [0, 0.05) is 10.0 Å². The smallest absolute Gasteiger partial charge is 0.123 e. The average molecular weight is 275 g/mol. The molecule has 0 saturated heterocycles. The lowest BCUT2D eigenvalue weighted by molar-refractivity contribution is 1.42. The van der Waals surface area contributed by atoms with Crippen molar-refractivity contribution in [3.8, 4) is 11.1 Å². The number of nitrogens with one attached hydrogen (secondary N) is 1. The first-order valence-electron chi connectivity index (χ1n) is 4.88. The van der Waals surface area contributed by atoms with Crippen LogP contribution in [0.3, 0.4) is 0 Å². The molecule has 16 heavy (non-hydrogen) atoms. The van der Waals surface area contributed by atoms with Crippen LogP contribution in [0.5, 0.6) is 0 Å². The van der Waals surface area contributed by atoms with Gasteiger partial charge in [-0.25, -0.2) is 0 Å². The molecule has 0 spiro atoms. The maximum Gasteiger partial charge on any atom is 0.123 e. The molecule has 0 heterocycles. The predicted octanol–water partition coefficient (Wildman–Crippen LogP) is 3.40. The largest absolute Gasteiger partial charge is 0.384 e. The quantitative estimate of drug-likeness (QED) is 0.640. The van der Waals surface area contributed by atoms with Crippen LogP contribution >= 0.6 is 15.9 Å². The Kier molecular flexibility index (Phi) is 3.06. The Balaban J connectivity index is 2.60. The van der Waals surface area contributed by atoms with Crippen LogP contribution in [0.1, 0.15) is 5.56 Å². The van der Waals surface area contributed by atoms with E-state index >= 15 is 0 Å². The summed E-state index contributed by atoms with van der Waals surface area (Å²) < 4.78 is 1.02. The molecule has 2 nitrogen and oxygen atoms in total. The first kappa shape index (κ1) is 10.9. The third kappa shape index (κ3) is 2.14. The van der Waals surface area contributed by atoms with Gasteiger partial charge < -0.3 is 5.73 Å². The van der Waals surface area contributed by atoms with Gasteiger partial charge in [-0.1, -0.05) is 52.3 Å². The molecular weight excluding hydrogens is 264 g/mol. The van der Waals surface area contributed by atoms with Crippen LogP contribution in [-0.4, -0.2) is 5.84 Å². The van der Waals surface area contributed by atoms with Crippen molar-refractivity contribution < 1.29 is 0 Å². The molecule has 0 saturated carbocycles. The normalized spacial score (nSPS) is 10.1. The van der Waals surface area contributed by atoms with E-state index in [2.05, 4.69) is 15.9 Å². The van der Waals surface area contributed by atoms with Gasteiger partial charge in [-0.3, -0.25) is 5.41 Å². The number of nitrogen functional groups attached to an aromatic ring is 1. The third-order valence-corrected chi connectivity index (χ3v) is 2.85. The molecule has 2 rings (SSSR count). The van der Waals surface area contributed by atoms with Crippen LogP contribution in [0.25, 0.3) is 11.1 Å². The molecule has 0 unspecified atom stereocenters. The van der Waals surface area contributed by atoms with Crippen LogP contribution in [0.2, 0.25) is 0 Å². The van der Waals surface area contributed by atoms with Crippen molar-refractivity contribution in [2.75, 3.05) is 0 Å². The lowest BCUT2D eigenvalue weighted by Gasteiger charge is -2.08. The number of benzene rings is 2. The molecule has 0 aromatic heterocycles. The standard InChI is InChI=1S/C13H11BrN2/c14-10-5-3-4-9(8-10)11-6-1-2-7-12(11)13(15)16/h1-8H,(H3,15,16). The van der Waals surface area contributed by atoms with Crippen molar-refractivity contribution >= 4 is 21.8 Å². The minimum absolute atomic E-state index is 0.0931. The first-order chi connectivity index (χ1) is 7.68. The molecule has 0 fully saturated rings. The van der Waals surface area contributed by atoms with E-state index in [1.807, 2.05) is 48.5 Å². The zero-order chi connectivity index (χ0) is 11.5. The molecule has 80 valence electrons. The minimum atomic E-state index is 0.0931. The van der Waals surface area contributed by atoms with E-state index in [1.165, 1.54) is 0 Å². The fourth-order valence-electron chi connectivity index (χ4n) is 1.63. The molecule has 0 aliphatic carbocycles. The van der Waals surface area contributed by atoms with Gasteiger partial charge in [-0.2, -0.15) is 0 Å². The number of nitrogens with two attached hydrogens (primary N) is 1. The van der Waals surface area contributed by atoms with Gasteiger partial charge in [0.1, 0.15) is 5.84 Å². The Morgan fingerprint density at radius 2 is 1.81 bits per heavy atom. The van der Waals surface area contributed by atoms with Crippen LogP contribution in [0, 0.1) is 5.41 Å². The highest BCUT2D eigenvalue weighted by atomic mass is 79.9. The molecular formula is C13H11BrN2. The summed E-state index contributed by atoms with van der Waals surface area (Å²) in [6.07, 6.45) is 0.